The number of hydrogen-bond acceptors (Lipinski definition) is 1. The first-order valence-electron chi connectivity index (χ1n) is 5.53. The zero-order valence-electron chi connectivity index (χ0n) is 9.00. The normalized spacial score (nSPS) is 25.6. The summed E-state index contributed by atoms with van der Waals surface area (Å²) in [6.45, 7) is 8.36. The fraction of sp³-hybridized carbons (Fsp3) is 0.538. The van der Waals surface area contributed by atoms with Crippen molar-refractivity contribution in [3.05, 3.63) is 36.1 Å². The van der Waals surface area contributed by atoms with E-state index >= 15 is 0 Å². The van der Waals surface area contributed by atoms with Crippen molar-refractivity contribution in [1.29, 1.82) is 0 Å². The van der Waals surface area contributed by atoms with Gasteiger partial charge in [-0.15, -0.1) is 0 Å². The van der Waals surface area contributed by atoms with Crippen LogP contribution in [0.15, 0.2) is 36.1 Å². The first-order chi connectivity index (χ1) is 6.77. The van der Waals surface area contributed by atoms with Crippen molar-refractivity contribution in [2.45, 2.75) is 26.2 Å². The summed E-state index contributed by atoms with van der Waals surface area (Å²) < 4.78 is 0. The van der Waals surface area contributed by atoms with E-state index in [1.807, 2.05) is 0 Å². The standard InChI is InChI=1S/C13H19N/c1-11(2)10-14-9-5-7-12-6-3-4-8-13(12)14/h3-4,8,12H,1,5-7,9-10H2,2H3. The molecule has 0 aromatic carbocycles. The van der Waals surface area contributed by atoms with E-state index < -0.39 is 0 Å². The predicted octanol–water partition coefficient (Wildman–Crippen LogP) is 3.12. The summed E-state index contributed by atoms with van der Waals surface area (Å²) in [5.41, 5.74) is 2.81. The Morgan fingerprint density at radius 3 is 3.29 bits per heavy atom. The van der Waals surface area contributed by atoms with Gasteiger partial charge in [0.15, 0.2) is 0 Å². The van der Waals surface area contributed by atoms with Crippen molar-refractivity contribution in [1.82, 2.24) is 4.90 Å². The van der Waals surface area contributed by atoms with Crippen LogP contribution in [0.2, 0.25) is 0 Å². The van der Waals surface area contributed by atoms with Crippen molar-refractivity contribution in [3.8, 4) is 0 Å². The summed E-state index contributed by atoms with van der Waals surface area (Å²) in [6, 6.07) is 0. The Bertz CT molecular complexity index is 286. The van der Waals surface area contributed by atoms with E-state index in [0.717, 1.165) is 12.5 Å². The Morgan fingerprint density at radius 1 is 1.64 bits per heavy atom. The second kappa shape index (κ2) is 4.04. The lowest BCUT2D eigenvalue weighted by Crippen LogP contribution is -2.34. The molecule has 0 bridgehead atoms. The molecular weight excluding hydrogens is 170 g/mol. The Kier molecular flexibility index (Phi) is 2.76. The van der Waals surface area contributed by atoms with Crippen LogP contribution >= 0.6 is 0 Å². The lowest BCUT2D eigenvalue weighted by molar-refractivity contribution is 0.255. The number of allylic oxidation sites excluding steroid dienone is 4. The third-order valence-electron chi connectivity index (χ3n) is 3.05. The number of fused-ring (bicyclic) bond motifs is 1. The smallest absolute Gasteiger partial charge is 0.0380 e. The highest BCUT2D eigenvalue weighted by molar-refractivity contribution is 5.22. The summed E-state index contributed by atoms with van der Waals surface area (Å²) in [5.74, 6) is 0.785. The molecule has 0 amide bonds. The maximum absolute atomic E-state index is 4.00. The van der Waals surface area contributed by atoms with E-state index in [-0.39, 0.29) is 0 Å². The van der Waals surface area contributed by atoms with Gasteiger partial charge in [-0.25, -0.2) is 0 Å². The molecule has 0 spiro atoms. The number of hydrogen-bond donors (Lipinski definition) is 0. The van der Waals surface area contributed by atoms with Gasteiger partial charge in [-0.2, -0.15) is 0 Å². The summed E-state index contributed by atoms with van der Waals surface area (Å²) in [6.07, 6.45) is 10.7. The third kappa shape index (κ3) is 1.92. The molecule has 1 nitrogen and oxygen atoms in total. The van der Waals surface area contributed by atoms with E-state index in [1.54, 1.807) is 5.70 Å². The van der Waals surface area contributed by atoms with E-state index in [9.17, 15) is 0 Å². The number of likely N-dealkylation sites (tertiary alicyclic amines) is 1. The Morgan fingerprint density at radius 2 is 2.50 bits per heavy atom. The van der Waals surface area contributed by atoms with Gasteiger partial charge in [-0.3, -0.25) is 0 Å². The van der Waals surface area contributed by atoms with Crippen LogP contribution in [0.1, 0.15) is 26.2 Å². The van der Waals surface area contributed by atoms with E-state index in [0.29, 0.717) is 0 Å². The second-order valence-electron chi connectivity index (χ2n) is 4.47. The molecule has 0 saturated carbocycles. The Balaban J connectivity index is 2.11. The molecule has 1 fully saturated rings. The highest BCUT2D eigenvalue weighted by Gasteiger charge is 2.24. The average Bonchev–Trinajstić information content (AvgIpc) is 2.18. The Hall–Kier alpha value is -0.980. The summed E-state index contributed by atoms with van der Waals surface area (Å²) >= 11 is 0. The van der Waals surface area contributed by atoms with Crippen LogP contribution in [0.25, 0.3) is 0 Å². The molecule has 0 radical (unpaired) electrons. The van der Waals surface area contributed by atoms with Crippen molar-refractivity contribution >= 4 is 0 Å². The van der Waals surface area contributed by atoms with Crippen LogP contribution in [0.3, 0.4) is 0 Å². The van der Waals surface area contributed by atoms with Gasteiger partial charge in [-0.1, -0.05) is 24.3 Å². The van der Waals surface area contributed by atoms with Gasteiger partial charge in [0.2, 0.25) is 0 Å². The maximum atomic E-state index is 4.00. The molecular formula is C13H19N. The molecule has 1 aliphatic heterocycles. The lowest BCUT2D eigenvalue weighted by Gasteiger charge is -2.38. The van der Waals surface area contributed by atoms with Gasteiger partial charge in [0, 0.05) is 24.7 Å². The lowest BCUT2D eigenvalue weighted by atomic mass is 9.88. The number of rotatable bonds is 2. The zero-order valence-corrected chi connectivity index (χ0v) is 9.00. The molecule has 0 aromatic heterocycles. The topological polar surface area (TPSA) is 3.24 Å². The number of piperidine rings is 1. The third-order valence-corrected chi connectivity index (χ3v) is 3.05. The summed E-state index contributed by atoms with van der Waals surface area (Å²) in [7, 11) is 0. The monoisotopic (exact) mass is 189 g/mol. The average molecular weight is 189 g/mol. The van der Waals surface area contributed by atoms with E-state index in [1.165, 1.54) is 31.4 Å². The molecule has 1 atom stereocenters. The minimum absolute atomic E-state index is 0.785. The second-order valence-corrected chi connectivity index (χ2v) is 4.47. The fourth-order valence-electron chi connectivity index (χ4n) is 2.45. The molecule has 1 unspecified atom stereocenters. The highest BCUT2D eigenvalue weighted by atomic mass is 15.1. The van der Waals surface area contributed by atoms with Crippen LogP contribution in [0, 0.1) is 5.92 Å². The highest BCUT2D eigenvalue weighted by Crippen LogP contribution is 2.32. The van der Waals surface area contributed by atoms with Crippen LogP contribution in [0.4, 0.5) is 0 Å². The molecule has 0 N–H and O–H groups in total. The molecule has 1 saturated heterocycles. The van der Waals surface area contributed by atoms with Gasteiger partial charge in [-0.05, 0) is 32.3 Å². The molecule has 2 aliphatic rings. The molecule has 14 heavy (non-hydrogen) atoms. The first-order valence-corrected chi connectivity index (χ1v) is 5.53. The molecule has 1 aliphatic carbocycles. The molecule has 1 heterocycles. The number of nitrogens with zero attached hydrogens (tertiary/aromatic N) is 1. The van der Waals surface area contributed by atoms with Gasteiger partial charge in [0.1, 0.15) is 0 Å². The van der Waals surface area contributed by atoms with Crippen LogP contribution in [0.5, 0.6) is 0 Å². The molecule has 1 heteroatoms. The molecule has 0 aromatic rings. The van der Waals surface area contributed by atoms with Gasteiger partial charge in [0.25, 0.3) is 0 Å². The van der Waals surface area contributed by atoms with Crippen molar-refractivity contribution in [2.24, 2.45) is 5.92 Å². The minimum atomic E-state index is 0.785. The molecule has 2 rings (SSSR count). The SMILES string of the molecule is C=C(C)CN1CCCC2CC=CC=C21. The summed E-state index contributed by atoms with van der Waals surface area (Å²) in [4.78, 5) is 2.50. The predicted molar refractivity (Wildman–Crippen MR) is 61.0 cm³/mol. The van der Waals surface area contributed by atoms with Gasteiger partial charge < -0.3 is 4.90 Å². The largest absolute Gasteiger partial charge is 0.371 e. The quantitative estimate of drug-likeness (QED) is 0.603. The minimum Gasteiger partial charge on any atom is -0.371 e. The Labute approximate surface area is 86.8 Å². The van der Waals surface area contributed by atoms with Crippen LogP contribution < -0.4 is 0 Å². The van der Waals surface area contributed by atoms with Crippen molar-refractivity contribution in [3.63, 3.8) is 0 Å². The maximum Gasteiger partial charge on any atom is 0.0380 e. The van der Waals surface area contributed by atoms with Gasteiger partial charge in [0.05, 0.1) is 0 Å². The first kappa shape index (κ1) is 9.57. The van der Waals surface area contributed by atoms with E-state index in [4.69, 9.17) is 0 Å². The zero-order chi connectivity index (χ0) is 9.97. The van der Waals surface area contributed by atoms with Crippen molar-refractivity contribution < 1.29 is 0 Å². The van der Waals surface area contributed by atoms with E-state index in [2.05, 4.69) is 36.6 Å². The summed E-state index contributed by atoms with van der Waals surface area (Å²) in [5, 5.41) is 0. The van der Waals surface area contributed by atoms with Crippen molar-refractivity contribution in [2.75, 3.05) is 13.1 Å². The van der Waals surface area contributed by atoms with Crippen LogP contribution in [-0.2, 0) is 0 Å². The molecule has 76 valence electrons. The van der Waals surface area contributed by atoms with Gasteiger partial charge >= 0.3 is 0 Å². The fourth-order valence-corrected chi connectivity index (χ4v) is 2.45. The van der Waals surface area contributed by atoms with Crippen LogP contribution in [-0.4, -0.2) is 18.0 Å².